The van der Waals surface area contributed by atoms with E-state index in [1.165, 1.54) is 13.0 Å². The Bertz CT molecular complexity index is 354. The Labute approximate surface area is 81.8 Å². The van der Waals surface area contributed by atoms with Gasteiger partial charge in [0.15, 0.2) is 0 Å². The van der Waals surface area contributed by atoms with Crippen molar-refractivity contribution in [1.82, 2.24) is 5.01 Å². The first-order chi connectivity index (χ1) is 6.74. The molecular weight excluding hydrogens is 180 g/mol. The van der Waals surface area contributed by atoms with E-state index in [-0.39, 0.29) is 5.91 Å². The number of hydrogen-bond donors (Lipinski definition) is 0. The molecule has 0 aliphatic carbocycles. The Kier molecular flexibility index (Phi) is 3.58. The van der Waals surface area contributed by atoms with Crippen LogP contribution < -0.4 is 0 Å². The molecule has 0 N–H and O–H groups in total. The summed E-state index contributed by atoms with van der Waals surface area (Å²) in [5.74, 6) is -0.280. The second-order valence-corrected chi connectivity index (χ2v) is 2.75. The number of isocyanates is 1. The SMILES string of the molecule is CC(=O)N(Cc1ccccc1)N=C=O. The number of hydrogen-bond acceptors (Lipinski definition) is 3. The number of benzene rings is 1. The molecule has 0 bridgehead atoms. The van der Waals surface area contributed by atoms with E-state index in [0.717, 1.165) is 10.6 Å². The molecule has 0 saturated heterocycles. The zero-order valence-electron chi connectivity index (χ0n) is 7.80. The van der Waals surface area contributed by atoms with Gasteiger partial charge in [0.1, 0.15) is 0 Å². The molecule has 0 heterocycles. The lowest BCUT2D eigenvalue weighted by atomic mass is 10.2. The van der Waals surface area contributed by atoms with Crippen molar-refractivity contribution in [3.05, 3.63) is 35.9 Å². The fraction of sp³-hybridized carbons (Fsp3) is 0.200. The predicted molar refractivity (Wildman–Crippen MR) is 50.8 cm³/mol. The highest BCUT2D eigenvalue weighted by Gasteiger charge is 2.06. The fourth-order valence-electron chi connectivity index (χ4n) is 1.02. The van der Waals surface area contributed by atoms with Crippen molar-refractivity contribution >= 4 is 12.0 Å². The smallest absolute Gasteiger partial charge is 0.258 e. The van der Waals surface area contributed by atoms with Crippen molar-refractivity contribution in [3.8, 4) is 0 Å². The molecule has 0 fully saturated rings. The Hall–Kier alpha value is -1.93. The lowest BCUT2D eigenvalue weighted by Crippen LogP contribution is -2.21. The van der Waals surface area contributed by atoms with Gasteiger partial charge in [0.25, 0.3) is 6.08 Å². The summed E-state index contributed by atoms with van der Waals surface area (Å²) < 4.78 is 0. The van der Waals surface area contributed by atoms with Crippen LogP contribution in [0.4, 0.5) is 0 Å². The molecule has 72 valence electrons. The van der Waals surface area contributed by atoms with Gasteiger partial charge in [-0.3, -0.25) is 4.79 Å². The van der Waals surface area contributed by atoms with Crippen LogP contribution in [-0.4, -0.2) is 17.0 Å². The minimum absolute atomic E-state index is 0.280. The van der Waals surface area contributed by atoms with E-state index in [0.29, 0.717) is 6.54 Å². The molecule has 1 rings (SSSR count). The summed E-state index contributed by atoms with van der Waals surface area (Å²) in [5.41, 5.74) is 0.918. The first kappa shape index (κ1) is 10.2. The van der Waals surface area contributed by atoms with Gasteiger partial charge >= 0.3 is 0 Å². The average molecular weight is 190 g/mol. The van der Waals surface area contributed by atoms with E-state index in [2.05, 4.69) is 5.10 Å². The van der Waals surface area contributed by atoms with Gasteiger partial charge in [-0.05, 0) is 5.56 Å². The van der Waals surface area contributed by atoms with E-state index >= 15 is 0 Å². The monoisotopic (exact) mass is 190 g/mol. The molecule has 0 spiro atoms. The summed E-state index contributed by atoms with van der Waals surface area (Å²) in [6.07, 6.45) is 1.35. The third-order valence-electron chi connectivity index (χ3n) is 1.70. The van der Waals surface area contributed by atoms with Crippen molar-refractivity contribution in [2.75, 3.05) is 0 Å². The van der Waals surface area contributed by atoms with Crippen molar-refractivity contribution in [3.63, 3.8) is 0 Å². The summed E-state index contributed by atoms with van der Waals surface area (Å²) >= 11 is 0. The molecule has 4 heteroatoms. The third kappa shape index (κ3) is 2.84. The number of hydrazone groups is 1. The second kappa shape index (κ2) is 4.94. The molecule has 0 radical (unpaired) electrons. The second-order valence-electron chi connectivity index (χ2n) is 2.75. The Balaban J connectivity index is 2.75. The van der Waals surface area contributed by atoms with Crippen LogP contribution in [-0.2, 0) is 16.1 Å². The van der Waals surface area contributed by atoms with Crippen molar-refractivity contribution < 1.29 is 9.59 Å². The minimum atomic E-state index is -0.280. The van der Waals surface area contributed by atoms with Crippen molar-refractivity contribution in [2.24, 2.45) is 5.10 Å². The summed E-state index contributed by atoms with van der Waals surface area (Å²) in [6, 6.07) is 9.31. The van der Waals surface area contributed by atoms with Gasteiger partial charge in [-0.15, -0.1) is 0 Å². The van der Waals surface area contributed by atoms with Crippen LogP contribution >= 0.6 is 0 Å². The molecule has 1 aromatic carbocycles. The molecule has 0 aliphatic rings. The molecule has 0 aromatic heterocycles. The van der Waals surface area contributed by atoms with Crippen LogP contribution in [0.15, 0.2) is 35.4 Å². The largest absolute Gasteiger partial charge is 0.273 e. The highest BCUT2D eigenvalue weighted by molar-refractivity contribution is 5.73. The molecule has 4 nitrogen and oxygen atoms in total. The number of nitrogens with zero attached hydrogens (tertiary/aromatic N) is 2. The number of amides is 1. The fourth-order valence-corrected chi connectivity index (χ4v) is 1.02. The molecule has 14 heavy (non-hydrogen) atoms. The topological polar surface area (TPSA) is 49.7 Å². The van der Waals surface area contributed by atoms with Gasteiger partial charge < -0.3 is 0 Å². The highest BCUT2D eigenvalue weighted by atomic mass is 16.2. The van der Waals surface area contributed by atoms with Crippen LogP contribution in [0.5, 0.6) is 0 Å². The van der Waals surface area contributed by atoms with Crippen LogP contribution in [0.2, 0.25) is 0 Å². The number of carbonyl (C=O) groups is 1. The van der Waals surface area contributed by atoms with E-state index in [9.17, 15) is 9.59 Å². The normalized spacial score (nSPS) is 8.93. The zero-order valence-corrected chi connectivity index (χ0v) is 7.80. The maximum atomic E-state index is 11.0. The minimum Gasteiger partial charge on any atom is -0.273 e. The lowest BCUT2D eigenvalue weighted by molar-refractivity contribution is -0.129. The van der Waals surface area contributed by atoms with Crippen molar-refractivity contribution in [1.29, 1.82) is 0 Å². The molecule has 0 unspecified atom stereocenters. The maximum Gasteiger partial charge on any atom is 0.258 e. The number of rotatable bonds is 3. The van der Waals surface area contributed by atoms with Crippen LogP contribution in [0, 0.1) is 0 Å². The molecular formula is C10H10N2O2. The molecule has 0 atom stereocenters. The van der Waals surface area contributed by atoms with E-state index in [1.54, 1.807) is 0 Å². The first-order valence-electron chi connectivity index (χ1n) is 4.14. The number of carbonyl (C=O) groups excluding carboxylic acids is 2. The standard InChI is InChI=1S/C10H10N2O2/c1-9(14)12(11-8-13)7-10-5-3-2-4-6-10/h2-6H,7H2,1H3. The summed E-state index contributed by atoms with van der Waals surface area (Å²) in [4.78, 5) is 21.0. The first-order valence-corrected chi connectivity index (χ1v) is 4.14. The predicted octanol–water partition coefficient (Wildman–Crippen LogP) is 1.29. The van der Waals surface area contributed by atoms with Gasteiger partial charge in [0, 0.05) is 6.92 Å². The van der Waals surface area contributed by atoms with Crippen LogP contribution in [0.1, 0.15) is 12.5 Å². The van der Waals surface area contributed by atoms with E-state index in [4.69, 9.17) is 0 Å². The van der Waals surface area contributed by atoms with Crippen LogP contribution in [0.25, 0.3) is 0 Å². The molecule has 1 amide bonds. The van der Waals surface area contributed by atoms with Crippen LogP contribution in [0.3, 0.4) is 0 Å². The maximum absolute atomic E-state index is 11.0. The summed E-state index contributed by atoms with van der Waals surface area (Å²) in [7, 11) is 0. The van der Waals surface area contributed by atoms with Gasteiger partial charge in [0.2, 0.25) is 5.91 Å². The lowest BCUT2D eigenvalue weighted by Gasteiger charge is -2.11. The third-order valence-corrected chi connectivity index (χ3v) is 1.70. The van der Waals surface area contributed by atoms with Gasteiger partial charge in [0.05, 0.1) is 6.54 Å². The molecule has 0 aliphatic heterocycles. The Morgan fingerprint density at radius 1 is 1.43 bits per heavy atom. The highest BCUT2D eigenvalue weighted by Crippen LogP contribution is 2.04. The van der Waals surface area contributed by atoms with Crippen molar-refractivity contribution in [2.45, 2.75) is 13.5 Å². The molecule has 1 aromatic rings. The van der Waals surface area contributed by atoms with Gasteiger partial charge in [-0.25, -0.2) is 9.80 Å². The molecule has 0 saturated carbocycles. The quantitative estimate of drug-likeness (QED) is 0.409. The van der Waals surface area contributed by atoms with E-state index in [1.807, 2.05) is 30.3 Å². The Morgan fingerprint density at radius 2 is 2.07 bits per heavy atom. The van der Waals surface area contributed by atoms with E-state index < -0.39 is 0 Å². The zero-order chi connectivity index (χ0) is 10.4. The Morgan fingerprint density at radius 3 is 2.57 bits per heavy atom. The van der Waals surface area contributed by atoms with Gasteiger partial charge in [-0.1, -0.05) is 35.4 Å². The summed E-state index contributed by atoms with van der Waals surface area (Å²) in [5, 5.41) is 4.37. The summed E-state index contributed by atoms with van der Waals surface area (Å²) in [6.45, 7) is 1.65. The average Bonchev–Trinajstić information content (AvgIpc) is 2.18. The van der Waals surface area contributed by atoms with Gasteiger partial charge in [-0.2, -0.15) is 0 Å².